The summed E-state index contributed by atoms with van der Waals surface area (Å²) in [7, 11) is 0. The second-order valence-corrected chi connectivity index (χ2v) is 9.49. The van der Waals surface area contributed by atoms with Crippen LogP contribution in [0.25, 0.3) is 11.2 Å². The Morgan fingerprint density at radius 1 is 0.911 bits per heavy atom. The van der Waals surface area contributed by atoms with Gasteiger partial charge in [-0.2, -0.15) is 4.98 Å². The van der Waals surface area contributed by atoms with Crippen molar-refractivity contribution in [3.8, 4) is 0 Å². The van der Waals surface area contributed by atoms with Gasteiger partial charge in [-0.3, -0.25) is 33.8 Å². The number of carbonyl (C=O) groups is 6. The number of nitrogens with one attached hydrogen (secondary N) is 5. The molecule has 1 aromatic carbocycles. The first-order valence-electron chi connectivity index (χ1n) is 13.2. The van der Waals surface area contributed by atoms with Crippen molar-refractivity contribution >= 4 is 58.4 Å². The van der Waals surface area contributed by atoms with Crippen LogP contribution in [0.4, 0.5) is 11.6 Å². The molecule has 0 fully saturated rings. The van der Waals surface area contributed by atoms with Crippen molar-refractivity contribution in [2.45, 2.75) is 44.3 Å². The molecule has 45 heavy (non-hydrogen) atoms. The highest BCUT2D eigenvalue weighted by molar-refractivity contribution is 5.95. The number of benzene rings is 1. The number of hydrogen-bond donors (Lipinski definition) is 9. The van der Waals surface area contributed by atoms with E-state index in [4.69, 9.17) is 21.1 Å². The Balaban J connectivity index is 1.44. The highest BCUT2D eigenvalue weighted by Gasteiger charge is 2.29. The summed E-state index contributed by atoms with van der Waals surface area (Å²) >= 11 is 0. The summed E-state index contributed by atoms with van der Waals surface area (Å²) in [4.78, 5) is 96.9. The first kappa shape index (κ1) is 33.4. The zero-order valence-electron chi connectivity index (χ0n) is 23.4. The number of rotatable bonds is 16. The van der Waals surface area contributed by atoms with Gasteiger partial charge in [-0.05, 0) is 30.7 Å². The Bertz CT molecular complexity index is 1660. The number of aromatic nitrogens is 4. The largest absolute Gasteiger partial charge is 0.481 e. The van der Waals surface area contributed by atoms with Crippen LogP contribution in [-0.2, 0) is 30.5 Å². The van der Waals surface area contributed by atoms with E-state index in [1.807, 2.05) is 5.32 Å². The zero-order chi connectivity index (χ0) is 33.1. The Morgan fingerprint density at radius 2 is 1.58 bits per heavy atom. The third-order valence-electron chi connectivity index (χ3n) is 6.00. The fourth-order valence-corrected chi connectivity index (χ4v) is 3.84. The normalized spacial score (nSPS) is 12.0. The van der Waals surface area contributed by atoms with Gasteiger partial charge in [0, 0.05) is 24.2 Å². The van der Waals surface area contributed by atoms with Crippen molar-refractivity contribution in [1.29, 1.82) is 0 Å². The Morgan fingerprint density at radius 3 is 2.22 bits per heavy atom. The molecule has 2 aromatic heterocycles. The summed E-state index contributed by atoms with van der Waals surface area (Å²) in [5.41, 5.74) is 6.57. The van der Waals surface area contributed by atoms with Crippen LogP contribution in [0.1, 0.15) is 41.7 Å². The number of H-pyrrole nitrogens is 1. The lowest BCUT2D eigenvalue weighted by molar-refractivity contribution is -0.148. The molecule has 0 aliphatic carbocycles. The molecule has 0 bridgehead atoms. The number of carboxylic acids is 3. The molecule has 0 saturated carbocycles. The molecule has 0 radical (unpaired) electrons. The van der Waals surface area contributed by atoms with E-state index in [9.17, 15) is 33.6 Å². The van der Waals surface area contributed by atoms with Crippen LogP contribution in [0.3, 0.4) is 0 Å². The SMILES string of the molecule is Nc1nc2ncc(CNc3ccc(C(=O)NCCCC(=O)N[C@H](CC(=O)O)C(=O)N[C@H](CC(=O)O)C(=O)O)cc3)nc2c(=O)[nH]1. The number of hydrogen-bond acceptors (Lipinski definition) is 12. The summed E-state index contributed by atoms with van der Waals surface area (Å²) in [5, 5.41) is 36.7. The van der Waals surface area contributed by atoms with E-state index in [0.717, 1.165) is 0 Å². The highest BCUT2D eigenvalue weighted by Crippen LogP contribution is 2.12. The average molecular weight is 628 g/mol. The number of nitrogens with zero attached hydrogens (tertiary/aromatic N) is 3. The minimum atomic E-state index is -1.83. The second kappa shape index (κ2) is 15.4. The number of anilines is 2. The Kier molecular flexibility index (Phi) is 11.4. The zero-order valence-corrected chi connectivity index (χ0v) is 23.4. The monoisotopic (exact) mass is 627 g/mol. The number of carbonyl (C=O) groups excluding carboxylic acids is 3. The number of nitrogens with two attached hydrogens (primary N) is 1. The smallest absolute Gasteiger partial charge is 0.326 e. The quantitative estimate of drug-likeness (QED) is 0.0809. The van der Waals surface area contributed by atoms with E-state index in [1.54, 1.807) is 24.3 Å². The van der Waals surface area contributed by atoms with Crippen molar-refractivity contribution in [2.75, 3.05) is 17.6 Å². The molecule has 0 aliphatic rings. The van der Waals surface area contributed by atoms with Crippen molar-refractivity contribution in [3.63, 3.8) is 0 Å². The Labute approximate surface area is 252 Å². The molecule has 10 N–H and O–H groups in total. The molecule has 3 aromatic rings. The first-order valence-corrected chi connectivity index (χ1v) is 13.2. The lowest BCUT2D eigenvalue weighted by Crippen LogP contribution is -2.52. The molecule has 0 aliphatic heterocycles. The third kappa shape index (κ3) is 10.3. The molecule has 2 atom stereocenters. The van der Waals surface area contributed by atoms with E-state index in [2.05, 4.69) is 35.9 Å². The van der Waals surface area contributed by atoms with Crippen molar-refractivity contribution in [3.05, 3.63) is 52.1 Å². The predicted octanol–water partition coefficient (Wildman–Crippen LogP) is -1.58. The molecule has 0 saturated heterocycles. The molecule has 2 heterocycles. The van der Waals surface area contributed by atoms with E-state index in [1.165, 1.54) is 6.20 Å². The summed E-state index contributed by atoms with van der Waals surface area (Å²) in [6, 6.07) is 2.91. The predicted molar refractivity (Wildman–Crippen MR) is 154 cm³/mol. The Hall–Kier alpha value is -6.14. The summed E-state index contributed by atoms with van der Waals surface area (Å²) in [5.74, 6) is -7.03. The van der Waals surface area contributed by atoms with E-state index in [-0.39, 0.29) is 43.0 Å². The third-order valence-corrected chi connectivity index (χ3v) is 6.00. The van der Waals surface area contributed by atoms with Gasteiger partial charge in [-0.1, -0.05) is 0 Å². The van der Waals surface area contributed by atoms with Crippen molar-refractivity contribution in [2.24, 2.45) is 0 Å². The highest BCUT2D eigenvalue weighted by atomic mass is 16.4. The molecule has 3 rings (SSSR count). The van der Waals surface area contributed by atoms with Gasteiger partial charge in [0.05, 0.1) is 31.3 Å². The van der Waals surface area contributed by atoms with Gasteiger partial charge in [0.2, 0.25) is 17.8 Å². The molecule has 0 unspecified atom stereocenters. The fraction of sp³-hybridized carbons (Fsp3) is 0.308. The van der Waals surface area contributed by atoms with Gasteiger partial charge >= 0.3 is 17.9 Å². The molecule has 0 spiro atoms. The topological polar surface area (TPSA) is 309 Å². The summed E-state index contributed by atoms with van der Waals surface area (Å²) in [6.45, 7) is 0.278. The van der Waals surface area contributed by atoms with E-state index in [0.29, 0.717) is 16.9 Å². The lowest BCUT2D eigenvalue weighted by Gasteiger charge is -2.19. The van der Waals surface area contributed by atoms with E-state index >= 15 is 0 Å². The van der Waals surface area contributed by atoms with Crippen LogP contribution in [-0.4, -0.2) is 89.5 Å². The number of amides is 3. The lowest BCUT2D eigenvalue weighted by atomic mass is 10.1. The van der Waals surface area contributed by atoms with Crippen LogP contribution in [0.5, 0.6) is 0 Å². The minimum absolute atomic E-state index is 0.0421. The van der Waals surface area contributed by atoms with E-state index < -0.39 is 66.1 Å². The average Bonchev–Trinajstić information content (AvgIpc) is 2.97. The van der Waals surface area contributed by atoms with Gasteiger partial charge < -0.3 is 42.3 Å². The van der Waals surface area contributed by atoms with Crippen molar-refractivity contribution in [1.82, 2.24) is 35.9 Å². The van der Waals surface area contributed by atoms with Gasteiger partial charge in [-0.15, -0.1) is 0 Å². The van der Waals surface area contributed by atoms with Crippen LogP contribution in [0.15, 0.2) is 35.3 Å². The van der Waals surface area contributed by atoms with Gasteiger partial charge in [0.25, 0.3) is 11.5 Å². The van der Waals surface area contributed by atoms with Crippen LogP contribution >= 0.6 is 0 Å². The standard InChI is InChI=1S/C26H29N9O10/c27-26-34-21-20(24(43)35-26)31-14(11-30-21)10-29-13-5-3-12(4-6-13)22(41)28-7-1-2-17(36)32-15(8-18(37)38)23(42)33-16(25(44)45)9-19(39)40/h3-6,11,15-16,29H,1-2,7-10H2,(H,28,41)(H,32,36)(H,33,42)(H,37,38)(H,39,40)(H,44,45)(H3,27,30,34,35,43)/t15-,16-/m1/s1. The number of nitrogen functional groups attached to an aromatic ring is 1. The number of aromatic amines is 1. The number of carboxylic acid groups (broad SMARTS) is 3. The van der Waals surface area contributed by atoms with Crippen LogP contribution < -0.4 is 32.6 Å². The maximum absolute atomic E-state index is 12.5. The molecular formula is C26H29N9O10. The van der Waals surface area contributed by atoms with Crippen molar-refractivity contribution < 1.29 is 44.1 Å². The molecule has 238 valence electrons. The maximum atomic E-state index is 12.5. The first-order chi connectivity index (χ1) is 21.3. The van der Waals surface area contributed by atoms with Crippen LogP contribution in [0.2, 0.25) is 0 Å². The number of aliphatic carboxylic acids is 3. The van der Waals surface area contributed by atoms with Gasteiger partial charge in [-0.25, -0.2) is 14.8 Å². The molecular weight excluding hydrogens is 598 g/mol. The maximum Gasteiger partial charge on any atom is 0.326 e. The number of fused-ring (bicyclic) bond motifs is 1. The van der Waals surface area contributed by atoms with Crippen LogP contribution in [0, 0.1) is 0 Å². The minimum Gasteiger partial charge on any atom is -0.481 e. The summed E-state index contributed by atoms with van der Waals surface area (Å²) in [6.07, 6.45) is -0.473. The fourth-order valence-electron chi connectivity index (χ4n) is 3.84. The van der Waals surface area contributed by atoms with Gasteiger partial charge in [0.1, 0.15) is 12.1 Å². The summed E-state index contributed by atoms with van der Waals surface area (Å²) < 4.78 is 0. The molecule has 3 amide bonds. The second-order valence-electron chi connectivity index (χ2n) is 9.49. The van der Waals surface area contributed by atoms with Gasteiger partial charge in [0.15, 0.2) is 11.2 Å². The molecule has 19 nitrogen and oxygen atoms in total. The molecule has 19 heteroatoms.